The zero-order valence-corrected chi connectivity index (χ0v) is 15.1. The molecule has 24 heavy (non-hydrogen) atoms. The van der Waals surface area contributed by atoms with Crippen LogP contribution >= 0.6 is 0 Å². The summed E-state index contributed by atoms with van der Waals surface area (Å²) in [4.78, 5) is 10.2. The van der Waals surface area contributed by atoms with Gasteiger partial charge in [-0.05, 0) is 19.3 Å². The number of carboxylic acid groups (broad SMARTS) is 1. The van der Waals surface area contributed by atoms with E-state index < -0.39 is 5.97 Å². The summed E-state index contributed by atoms with van der Waals surface area (Å²) in [6, 6.07) is 0. The van der Waals surface area contributed by atoms with Crippen molar-refractivity contribution in [3.05, 3.63) is 24.3 Å². The monoisotopic (exact) mass is 339 g/mol. The van der Waals surface area contributed by atoms with Gasteiger partial charge in [-0.1, -0.05) is 88.9 Å². The second kappa shape index (κ2) is 21.9. The van der Waals surface area contributed by atoms with Crippen LogP contribution in [0.3, 0.4) is 0 Å². The van der Waals surface area contributed by atoms with Crippen molar-refractivity contribution in [3.8, 4) is 0 Å². The van der Waals surface area contributed by atoms with E-state index in [0.29, 0.717) is 0 Å². The van der Waals surface area contributed by atoms with Gasteiger partial charge in [0.15, 0.2) is 0 Å². The normalized spacial score (nSPS) is 11.2. The summed E-state index contributed by atoms with van der Waals surface area (Å²) in [7, 11) is 0. The molecule has 0 amide bonds. The van der Waals surface area contributed by atoms with Gasteiger partial charge in [0.2, 0.25) is 0 Å². The van der Waals surface area contributed by atoms with Crippen molar-refractivity contribution in [2.75, 3.05) is 6.61 Å². The minimum Gasteiger partial charge on any atom is -0.478 e. The van der Waals surface area contributed by atoms with Gasteiger partial charge in [-0.2, -0.15) is 0 Å². The van der Waals surface area contributed by atoms with Crippen molar-refractivity contribution in [1.82, 2.24) is 0 Å². The molecule has 0 unspecified atom stereocenters. The lowest BCUT2D eigenvalue weighted by Crippen LogP contribution is -1.84. The van der Waals surface area contributed by atoms with E-state index in [1.165, 1.54) is 70.6 Å². The minimum atomic E-state index is -0.895. The molecule has 4 heteroatoms. The number of hydrogen-bond donors (Lipinski definition) is 1. The molecular weight excluding hydrogens is 304 g/mol. The third-order valence-electron chi connectivity index (χ3n) is 4.00. The van der Waals surface area contributed by atoms with Crippen LogP contribution in [-0.2, 0) is 15.4 Å². The van der Waals surface area contributed by atoms with Crippen LogP contribution in [0.4, 0.5) is 0 Å². The first-order valence-corrected chi connectivity index (χ1v) is 9.41. The van der Waals surface area contributed by atoms with Crippen LogP contribution in [-0.4, -0.2) is 17.7 Å². The minimum absolute atomic E-state index is 0. The molecule has 139 valence electrons. The summed E-state index contributed by atoms with van der Waals surface area (Å²) in [5, 5.41) is 18.7. The summed E-state index contributed by atoms with van der Waals surface area (Å²) in [5.74, 6) is -0.895. The quantitative estimate of drug-likeness (QED) is 0.201. The molecule has 0 aliphatic rings. The van der Waals surface area contributed by atoms with Crippen molar-refractivity contribution < 1.29 is 20.5 Å². The Hall–Kier alpha value is -1.13. The molecule has 0 aromatic rings. The first-order valence-electron chi connectivity index (χ1n) is 9.41. The molecule has 0 bridgehead atoms. The standard InChI is InChI=1S/C20H35O3.O/c21-19-17-15-13-11-9-7-5-3-1-2-4-6-8-10-12-14-16-18-20(22)23;/h12,14,16,18H,1-11,13,15,17,19H2,(H,22,23);. The number of hydrogen-bond acceptors (Lipinski definition) is 1. The Kier molecular flexibility index (Phi) is 22.9. The molecule has 3 radical (unpaired) electrons. The SMILES string of the molecule is [O].[O]CCCCCCCCCCCCCCCC=CC=CC(=O)O. The van der Waals surface area contributed by atoms with Gasteiger partial charge in [0, 0.05) is 11.6 Å². The maximum atomic E-state index is 10.3. The molecule has 0 aliphatic carbocycles. The molecule has 0 aliphatic heterocycles. The molecule has 4 nitrogen and oxygen atoms in total. The molecule has 0 saturated heterocycles. The van der Waals surface area contributed by atoms with Gasteiger partial charge < -0.3 is 5.11 Å². The van der Waals surface area contributed by atoms with E-state index in [0.717, 1.165) is 25.3 Å². The van der Waals surface area contributed by atoms with Gasteiger partial charge in [0.05, 0.1) is 6.61 Å². The van der Waals surface area contributed by atoms with Crippen molar-refractivity contribution >= 4 is 5.97 Å². The molecular formula is C20H35O4. The van der Waals surface area contributed by atoms with Crippen LogP contribution in [0, 0.1) is 0 Å². The summed E-state index contributed by atoms with van der Waals surface area (Å²) in [6.45, 7) is 0.0953. The summed E-state index contributed by atoms with van der Waals surface area (Å²) in [5.41, 5.74) is 0. The van der Waals surface area contributed by atoms with E-state index in [1.54, 1.807) is 6.08 Å². The highest BCUT2D eigenvalue weighted by Gasteiger charge is 1.93. The van der Waals surface area contributed by atoms with Crippen LogP contribution in [0.15, 0.2) is 24.3 Å². The zero-order chi connectivity index (χ0) is 17.0. The first-order chi connectivity index (χ1) is 11.3. The highest BCUT2D eigenvalue weighted by Crippen LogP contribution is 2.13. The summed E-state index contributed by atoms with van der Waals surface area (Å²) >= 11 is 0. The highest BCUT2D eigenvalue weighted by atomic mass is 16.4. The molecule has 0 aromatic heterocycles. The molecule has 0 fully saturated rings. The fraction of sp³-hybridized carbons (Fsp3) is 0.750. The third kappa shape index (κ3) is 23.1. The number of aliphatic carboxylic acids is 1. The number of carbonyl (C=O) groups is 1. The first kappa shape index (κ1) is 25.1. The van der Waals surface area contributed by atoms with Crippen molar-refractivity contribution in [3.63, 3.8) is 0 Å². The van der Waals surface area contributed by atoms with Gasteiger partial charge in [-0.15, -0.1) is 0 Å². The van der Waals surface area contributed by atoms with Gasteiger partial charge in [-0.25, -0.2) is 9.90 Å². The lowest BCUT2D eigenvalue weighted by atomic mass is 10.0. The Labute approximate surface area is 148 Å². The summed E-state index contributed by atoms with van der Waals surface area (Å²) in [6.07, 6.45) is 24.0. The molecule has 0 heterocycles. The smallest absolute Gasteiger partial charge is 0.328 e. The lowest BCUT2D eigenvalue weighted by Gasteiger charge is -2.02. The number of unbranched alkanes of at least 4 members (excludes halogenated alkanes) is 13. The Morgan fingerprint density at radius 1 is 0.667 bits per heavy atom. The van der Waals surface area contributed by atoms with Gasteiger partial charge in [0.25, 0.3) is 0 Å². The Morgan fingerprint density at radius 3 is 1.50 bits per heavy atom. The second-order valence-corrected chi connectivity index (χ2v) is 6.21. The Balaban J connectivity index is 0. The highest BCUT2D eigenvalue weighted by molar-refractivity contribution is 5.80. The van der Waals surface area contributed by atoms with Gasteiger partial charge in [0.1, 0.15) is 0 Å². The van der Waals surface area contributed by atoms with Crippen LogP contribution < -0.4 is 0 Å². The topological polar surface area (TPSA) is 85.7 Å². The molecule has 1 N–H and O–H groups in total. The average Bonchev–Trinajstić information content (AvgIpc) is 2.53. The summed E-state index contributed by atoms with van der Waals surface area (Å²) < 4.78 is 0. The largest absolute Gasteiger partial charge is 0.478 e. The van der Waals surface area contributed by atoms with E-state index in [4.69, 9.17) is 5.11 Å². The van der Waals surface area contributed by atoms with Crippen LogP contribution in [0.1, 0.15) is 89.9 Å². The van der Waals surface area contributed by atoms with E-state index in [1.807, 2.05) is 12.2 Å². The average molecular weight is 339 g/mol. The van der Waals surface area contributed by atoms with Crippen molar-refractivity contribution in [1.29, 1.82) is 0 Å². The predicted molar refractivity (Wildman–Crippen MR) is 96.8 cm³/mol. The van der Waals surface area contributed by atoms with Crippen LogP contribution in [0.5, 0.6) is 0 Å². The second-order valence-electron chi connectivity index (χ2n) is 6.21. The fourth-order valence-electron chi connectivity index (χ4n) is 2.62. The lowest BCUT2D eigenvalue weighted by molar-refractivity contribution is -0.131. The van der Waals surface area contributed by atoms with E-state index in [2.05, 4.69) is 0 Å². The molecule has 0 aromatic carbocycles. The van der Waals surface area contributed by atoms with Gasteiger partial charge in [-0.3, -0.25) is 0 Å². The predicted octanol–water partition coefficient (Wildman–Crippen LogP) is 5.96. The number of rotatable bonds is 17. The Morgan fingerprint density at radius 2 is 1.08 bits per heavy atom. The maximum Gasteiger partial charge on any atom is 0.328 e. The number of carboxylic acids is 1. The number of allylic oxidation sites excluding steroid dienone is 3. The fourth-order valence-corrected chi connectivity index (χ4v) is 2.62. The zero-order valence-electron chi connectivity index (χ0n) is 15.1. The van der Waals surface area contributed by atoms with E-state index >= 15 is 0 Å². The molecule has 0 rings (SSSR count). The molecule has 0 saturated carbocycles. The van der Waals surface area contributed by atoms with Crippen LogP contribution in [0.2, 0.25) is 0 Å². The van der Waals surface area contributed by atoms with Crippen LogP contribution in [0.25, 0.3) is 0 Å². The molecule has 0 spiro atoms. The van der Waals surface area contributed by atoms with Gasteiger partial charge >= 0.3 is 5.97 Å². The van der Waals surface area contributed by atoms with E-state index in [9.17, 15) is 9.90 Å². The maximum absolute atomic E-state index is 10.3. The third-order valence-corrected chi connectivity index (χ3v) is 4.00. The van der Waals surface area contributed by atoms with Crippen molar-refractivity contribution in [2.45, 2.75) is 89.9 Å². The van der Waals surface area contributed by atoms with Crippen molar-refractivity contribution in [2.24, 2.45) is 0 Å². The van der Waals surface area contributed by atoms with E-state index in [-0.39, 0.29) is 12.1 Å². The molecule has 0 atom stereocenters. The Bertz CT molecular complexity index is 311.